The van der Waals surface area contributed by atoms with Gasteiger partial charge in [0.15, 0.2) is 5.37 Å². The minimum absolute atomic E-state index is 0.0648. The van der Waals surface area contributed by atoms with Crippen LogP contribution in [0.25, 0.3) is 0 Å². The lowest BCUT2D eigenvalue weighted by atomic mass is 10.5. The van der Waals surface area contributed by atoms with Crippen LogP contribution in [-0.2, 0) is 9.53 Å². The first-order valence-corrected chi connectivity index (χ1v) is 4.20. The number of ether oxygens (including phenoxy) is 1. The topological polar surface area (TPSA) is 29.5 Å². The third-order valence-corrected chi connectivity index (χ3v) is 2.81. The Hall–Kier alpha value is -0.220. The molecule has 1 heterocycles. The molecule has 1 aliphatic heterocycles. The molecule has 1 rings (SSSR count). The summed E-state index contributed by atoms with van der Waals surface area (Å²) in [6, 6.07) is 0. The molecule has 0 radical (unpaired) electrons. The van der Waals surface area contributed by atoms with Gasteiger partial charge in [0.1, 0.15) is 0 Å². The third kappa shape index (κ3) is 1.44. The molecule has 1 fully saturated rings. The van der Waals surface area contributed by atoms with Gasteiger partial charge >= 0.3 is 5.97 Å². The van der Waals surface area contributed by atoms with E-state index in [1.807, 2.05) is 11.9 Å². The van der Waals surface area contributed by atoms with E-state index in [0.29, 0.717) is 0 Å². The normalized spacial score (nSPS) is 26.8. The lowest BCUT2D eigenvalue weighted by Gasteiger charge is -2.14. The van der Waals surface area contributed by atoms with Crippen LogP contribution in [0.5, 0.6) is 0 Å². The smallest absolute Gasteiger partial charge is 0.333 e. The Labute approximate surface area is 64.7 Å². The van der Waals surface area contributed by atoms with Gasteiger partial charge in [-0.2, -0.15) is 0 Å². The molecule has 0 saturated carbocycles. The van der Waals surface area contributed by atoms with E-state index < -0.39 is 0 Å². The summed E-state index contributed by atoms with van der Waals surface area (Å²) in [5.74, 6) is 0.890. The number of carbonyl (C=O) groups excluding carboxylic acids is 1. The molecule has 0 bridgehead atoms. The maximum absolute atomic E-state index is 10.9. The van der Waals surface area contributed by atoms with Crippen molar-refractivity contribution in [2.24, 2.45) is 0 Å². The fourth-order valence-electron chi connectivity index (χ4n) is 0.902. The molecule has 0 aromatic carbocycles. The minimum Gasteiger partial charge on any atom is -0.467 e. The lowest BCUT2D eigenvalue weighted by Crippen LogP contribution is -2.31. The van der Waals surface area contributed by atoms with Gasteiger partial charge in [-0.1, -0.05) is 0 Å². The van der Waals surface area contributed by atoms with Crippen LogP contribution in [0.1, 0.15) is 0 Å². The van der Waals surface area contributed by atoms with Gasteiger partial charge in [0.2, 0.25) is 0 Å². The fourth-order valence-corrected chi connectivity index (χ4v) is 2.11. The number of carbonyl (C=O) groups is 1. The summed E-state index contributed by atoms with van der Waals surface area (Å²) in [4.78, 5) is 12.9. The van der Waals surface area contributed by atoms with Crippen molar-refractivity contribution in [2.45, 2.75) is 5.37 Å². The third-order valence-electron chi connectivity index (χ3n) is 1.52. The fraction of sp³-hybridized carbons (Fsp3) is 0.833. The Morgan fingerprint density at radius 2 is 2.50 bits per heavy atom. The highest BCUT2D eigenvalue weighted by molar-refractivity contribution is 8.00. The van der Waals surface area contributed by atoms with Crippen molar-refractivity contribution < 1.29 is 9.53 Å². The number of hydrogen-bond donors (Lipinski definition) is 0. The van der Waals surface area contributed by atoms with Crippen LogP contribution in [0.4, 0.5) is 0 Å². The summed E-state index contributed by atoms with van der Waals surface area (Å²) in [5, 5.41) is -0.0648. The van der Waals surface area contributed by atoms with E-state index >= 15 is 0 Å². The molecule has 1 saturated heterocycles. The highest BCUT2D eigenvalue weighted by Gasteiger charge is 2.28. The van der Waals surface area contributed by atoms with Crippen LogP contribution >= 0.6 is 11.8 Å². The Morgan fingerprint density at radius 3 is 2.90 bits per heavy atom. The van der Waals surface area contributed by atoms with Crippen molar-refractivity contribution in [3.8, 4) is 0 Å². The lowest BCUT2D eigenvalue weighted by molar-refractivity contribution is -0.142. The Balaban J connectivity index is 2.46. The molecule has 0 spiro atoms. The van der Waals surface area contributed by atoms with Gasteiger partial charge in [-0.25, -0.2) is 4.79 Å². The standard InChI is InChI=1S/C6H11NO2S/c1-7-3-4-10-5(7)6(8)9-2/h5H,3-4H2,1-2H3. The molecule has 1 aliphatic rings. The number of nitrogens with zero attached hydrogens (tertiary/aromatic N) is 1. The molecule has 0 aliphatic carbocycles. The summed E-state index contributed by atoms with van der Waals surface area (Å²) >= 11 is 1.63. The molecule has 1 atom stereocenters. The number of hydrogen-bond acceptors (Lipinski definition) is 4. The van der Waals surface area contributed by atoms with E-state index in [-0.39, 0.29) is 11.3 Å². The molecule has 0 N–H and O–H groups in total. The summed E-state index contributed by atoms with van der Waals surface area (Å²) in [6.45, 7) is 0.977. The maximum atomic E-state index is 10.9. The summed E-state index contributed by atoms with van der Waals surface area (Å²) in [6.07, 6.45) is 0. The predicted molar refractivity (Wildman–Crippen MR) is 40.9 cm³/mol. The van der Waals surface area contributed by atoms with E-state index in [0.717, 1.165) is 12.3 Å². The van der Waals surface area contributed by atoms with Gasteiger partial charge in [-0.15, -0.1) is 11.8 Å². The first-order valence-electron chi connectivity index (χ1n) is 3.15. The molecule has 0 aromatic rings. The highest BCUT2D eigenvalue weighted by Crippen LogP contribution is 2.22. The van der Waals surface area contributed by atoms with E-state index in [2.05, 4.69) is 4.74 Å². The number of likely N-dealkylation sites (N-methyl/N-ethyl adjacent to an activating group) is 1. The highest BCUT2D eigenvalue weighted by atomic mass is 32.2. The number of esters is 1. The van der Waals surface area contributed by atoms with Crippen LogP contribution in [-0.4, -0.2) is 42.7 Å². The average Bonchev–Trinajstić information content (AvgIpc) is 2.34. The molecule has 58 valence electrons. The van der Waals surface area contributed by atoms with Crippen LogP contribution in [0.2, 0.25) is 0 Å². The van der Waals surface area contributed by atoms with E-state index in [1.165, 1.54) is 7.11 Å². The molecular formula is C6H11NO2S. The maximum Gasteiger partial charge on any atom is 0.333 e. The second-order valence-corrected chi connectivity index (χ2v) is 3.42. The van der Waals surface area contributed by atoms with Gasteiger partial charge in [0.05, 0.1) is 7.11 Å². The zero-order chi connectivity index (χ0) is 7.56. The Kier molecular flexibility index (Phi) is 2.56. The molecule has 3 nitrogen and oxygen atoms in total. The monoisotopic (exact) mass is 161 g/mol. The number of thioether (sulfide) groups is 1. The van der Waals surface area contributed by atoms with Crippen LogP contribution in [0.3, 0.4) is 0 Å². The molecular weight excluding hydrogens is 150 g/mol. The number of methoxy groups -OCH3 is 1. The van der Waals surface area contributed by atoms with Crippen molar-refractivity contribution in [2.75, 3.05) is 26.5 Å². The van der Waals surface area contributed by atoms with Gasteiger partial charge < -0.3 is 4.74 Å². The van der Waals surface area contributed by atoms with Crippen molar-refractivity contribution in [1.29, 1.82) is 0 Å². The number of rotatable bonds is 1. The predicted octanol–water partition coefficient (Wildman–Crippen LogP) is 0.164. The van der Waals surface area contributed by atoms with Crippen LogP contribution < -0.4 is 0 Å². The Morgan fingerprint density at radius 1 is 1.80 bits per heavy atom. The minimum atomic E-state index is -0.134. The molecule has 4 heteroatoms. The van der Waals surface area contributed by atoms with Gasteiger partial charge in [-0.05, 0) is 7.05 Å². The summed E-state index contributed by atoms with van der Waals surface area (Å²) in [5.41, 5.74) is 0. The molecule has 1 unspecified atom stereocenters. The zero-order valence-electron chi connectivity index (χ0n) is 6.16. The van der Waals surface area contributed by atoms with Gasteiger partial charge in [0.25, 0.3) is 0 Å². The van der Waals surface area contributed by atoms with Crippen molar-refractivity contribution >= 4 is 17.7 Å². The van der Waals surface area contributed by atoms with Gasteiger partial charge in [-0.3, -0.25) is 4.90 Å². The van der Waals surface area contributed by atoms with Crippen molar-refractivity contribution in [3.63, 3.8) is 0 Å². The first-order chi connectivity index (χ1) is 4.75. The summed E-state index contributed by atoms with van der Waals surface area (Å²) in [7, 11) is 3.36. The van der Waals surface area contributed by atoms with E-state index in [1.54, 1.807) is 11.8 Å². The summed E-state index contributed by atoms with van der Waals surface area (Å²) < 4.78 is 4.60. The SMILES string of the molecule is COC(=O)C1SCCN1C. The second kappa shape index (κ2) is 3.25. The van der Waals surface area contributed by atoms with Crippen LogP contribution in [0.15, 0.2) is 0 Å². The zero-order valence-corrected chi connectivity index (χ0v) is 6.98. The second-order valence-electron chi connectivity index (χ2n) is 2.23. The van der Waals surface area contributed by atoms with Crippen molar-refractivity contribution in [3.05, 3.63) is 0 Å². The Bertz CT molecular complexity index is 140. The van der Waals surface area contributed by atoms with Gasteiger partial charge in [0, 0.05) is 12.3 Å². The molecule has 0 aromatic heterocycles. The first kappa shape index (κ1) is 7.88. The van der Waals surface area contributed by atoms with E-state index in [4.69, 9.17) is 0 Å². The van der Waals surface area contributed by atoms with Crippen LogP contribution in [0, 0.1) is 0 Å². The quantitative estimate of drug-likeness (QED) is 0.512. The molecule has 0 amide bonds. The largest absolute Gasteiger partial charge is 0.467 e. The molecule has 10 heavy (non-hydrogen) atoms. The van der Waals surface area contributed by atoms with E-state index in [9.17, 15) is 4.79 Å². The average molecular weight is 161 g/mol. The van der Waals surface area contributed by atoms with Crippen molar-refractivity contribution in [1.82, 2.24) is 4.90 Å².